The van der Waals surface area contributed by atoms with Crippen LogP contribution in [0.15, 0.2) is 24.3 Å². The Kier molecular flexibility index (Phi) is 3.86. The molecule has 1 aromatic rings. The molecule has 0 aliphatic rings. The molecule has 1 rings (SSSR count). The number of carbonyl (C=O) groups is 1. The average Bonchev–Trinajstić information content (AvgIpc) is 2.15. The molecule has 16 heavy (non-hydrogen) atoms. The second kappa shape index (κ2) is 4.78. The van der Waals surface area contributed by atoms with Crippen LogP contribution in [0, 0.1) is 0 Å². The third-order valence-corrected chi connectivity index (χ3v) is 3.02. The van der Waals surface area contributed by atoms with Gasteiger partial charge in [-0.05, 0) is 18.1 Å². The number of rotatable bonds is 4. The van der Waals surface area contributed by atoms with Gasteiger partial charge in [0.15, 0.2) is 0 Å². The molecule has 0 spiro atoms. The minimum atomic E-state index is -4.18. The van der Waals surface area contributed by atoms with Gasteiger partial charge in [0, 0.05) is 0 Å². The van der Waals surface area contributed by atoms with Gasteiger partial charge < -0.3 is 14.9 Å². The SMILES string of the molecule is CC(C(=O)O)c1ccccc1CP(=O)(O)O. The summed E-state index contributed by atoms with van der Waals surface area (Å²) in [5, 5.41) is 8.86. The van der Waals surface area contributed by atoms with Crippen molar-refractivity contribution in [3.8, 4) is 0 Å². The first-order chi connectivity index (χ1) is 7.31. The molecular weight excluding hydrogens is 231 g/mol. The molecule has 0 saturated heterocycles. The fraction of sp³-hybridized carbons (Fsp3) is 0.300. The van der Waals surface area contributed by atoms with Crippen molar-refractivity contribution in [3.05, 3.63) is 35.4 Å². The number of hydrogen-bond donors (Lipinski definition) is 3. The Bertz CT molecular complexity index is 437. The summed E-state index contributed by atoms with van der Waals surface area (Å²) in [7, 11) is -4.18. The van der Waals surface area contributed by atoms with Crippen LogP contribution in [0.1, 0.15) is 24.0 Å². The van der Waals surface area contributed by atoms with E-state index < -0.39 is 25.6 Å². The van der Waals surface area contributed by atoms with E-state index in [4.69, 9.17) is 14.9 Å². The van der Waals surface area contributed by atoms with Gasteiger partial charge in [-0.15, -0.1) is 0 Å². The average molecular weight is 244 g/mol. The topological polar surface area (TPSA) is 94.8 Å². The standard InChI is InChI=1S/C10H13O5P/c1-7(10(11)12)9-5-3-2-4-8(9)6-16(13,14)15/h2-5,7H,6H2,1H3,(H,11,12)(H2,13,14,15). The van der Waals surface area contributed by atoms with E-state index in [1.54, 1.807) is 18.2 Å². The minimum Gasteiger partial charge on any atom is -0.481 e. The van der Waals surface area contributed by atoms with Crippen molar-refractivity contribution in [3.63, 3.8) is 0 Å². The van der Waals surface area contributed by atoms with Gasteiger partial charge in [-0.3, -0.25) is 9.36 Å². The van der Waals surface area contributed by atoms with Gasteiger partial charge >= 0.3 is 13.6 Å². The van der Waals surface area contributed by atoms with Gasteiger partial charge in [-0.2, -0.15) is 0 Å². The third-order valence-electron chi connectivity index (χ3n) is 2.27. The number of carboxylic acids is 1. The molecule has 5 nitrogen and oxygen atoms in total. The first kappa shape index (κ1) is 12.9. The van der Waals surface area contributed by atoms with Crippen LogP contribution in [-0.2, 0) is 15.5 Å². The fourth-order valence-corrected chi connectivity index (χ4v) is 2.19. The quantitative estimate of drug-likeness (QED) is 0.698. The van der Waals surface area contributed by atoms with E-state index in [2.05, 4.69) is 0 Å². The zero-order chi connectivity index (χ0) is 12.3. The lowest BCUT2D eigenvalue weighted by Gasteiger charge is -2.13. The normalized spacial score (nSPS) is 13.4. The molecule has 0 saturated carbocycles. The van der Waals surface area contributed by atoms with Crippen LogP contribution in [-0.4, -0.2) is 20.9 Å². The molecule has 3 N–H and O–H groups in total. The Hall–Kier alpha value is -1.16. The summed E-state index contributed by atoms with van der Waals surface area (Å²) in [5.41, 5.74) is 0.823. The molecule has 0 aliphatic carbocycles. The van der Waals surface area contributed by atoms with Crippen molar-refractivity contribution in [2.45, 2.75) is 19.0 Å². The molecule has 1 aromatic carbocycles. The summed E-state index contributed by atoms with van der Waals surface area (Å²) in [6.45, 7) is 1.49. The number of carboxylic acid groups (broad SMARTS) is 1. The lowest BCUT2D eigenvalue weighted by Crippen LogP contribution is -2.10. The van der Waals surface area contributed by atoms with Crippen LogP contribution in [0.4, 0.5) is 0 Å². The second-order valence-corrected chi connectivity index (χ2v) is 5.23. The molecule has 88 valence electrons. The Morgan fingerprint density at radius 2 is 1.94 bits per heavy atom. The van der Waals surface area contributed by atoms with Crippen LogP contribution < -0.4 is 0 Å². The minimum absolute atomic E-state index is 0.380. The van der Waals surface area contributed by atoms with Crippen LogP contribution in [0.25, 0.3) is 0 Å². The lowest BCUT2D eigenvalue weighted by molar-refractivity contribution is -0.138. The van der Waals surface area contributed by atoms with Gasteiger partial charge in [0.1, 0.15) is 0 Å². The van der Waals surface area contributed by atoms with Crippen molar-refractivity contribution in [1.82, 2.24) is 0 Å². The third kappa shape index (κ3) is 3.45. The lowest BCUT2D eigenvalue weighted by atomic mass is 9.97. The van der Waals surface area contributed by atoms with Gasteiger partial charge in [0.25, 0.3) is 0 Å². The second-order valence-electron chi connectivity index (χ2n) is 3.58. The Labute approximate surface area is 92.9 Å². The van der Waals surface area contributed by atoms with Crippen LogP contribution in [0.5, 0.6) is 0 Å². The zero-order valence-corrected chi connectivity index (χ0v) is 9.59. The Morgan fingerprint density at radius 3 is 2.44 bits per heavy atom. The summed E-state index contributed by atoms with van der Waals surface area (Å²) in [6.07, 6.45) is -0.430. The highest BCUT2D eigenvalue weighted by atomic mass is 31.2. The summed E-state index contributed by atoms with van der Waals surface area (Å²) in [6, 6.07) is 6.39. The van der Waals surface area contributed by atoms with E-state index in [1.807, 2.05) is 0 Å². The molecule has 0 bridgehead atoms. The Morgan fingerprint density at radius 1 is 1.38 bits per heavy atom. The molecule has 0 heterocycles. The van der Waals surface area contributed by atoms with Gasteiger partial charge in [0.05, 0.1) is 12.1 Å². The Balaban J connectivity index is 3.10. The maximum absolute atomic E-state index is 10.9. The summed E-state index contributed by atoms with van der Waals surface area (Å²) in [4.78, 5) is 28.6. The highest BCUT2D eigenvalue weighted by Crippen LogP contribution is 2.40. The highest BCUT2D eigenvalue weighted by molar-refractivity contribution is 7.50. The molecule has 0 aromatic heterocycles. The molecule has 0 aliphatic heterocycles. The van der Waals surface area contributed by atoms with E-state index in [0.717, 1.165) is 0 Å². The first-order valence-electron chi connectivity index (χ1n) is 4.66. The van der Waals surface area contributed by atoms with Crippen molar-refractivity contribution < 1.29 is 24.3 Å². The molecule has 0 fully saturated rings. The van der Waals surface area contributed by atoms with Crippen LogP contribution in [0.2, 0.25) is 0 Å². The van der Waals surface area contributed by atoms with Crippen LogP contribution >= 0.6 is 7.60 Å². The van der Waals surface area contributed by atoms with Crippen LogP contribution in [0.3, 0.4) is 0 Å². The van der Waals surface area contributed by atoms with E-state index in [1.165, 1.54) is 13.0 Å². The van der Waals surface area contributed by atoms with Crippen molar-refractivity contribution in [2.24, 2.45) is 0 Å². The number of benzene rings is 1. The van der Waals surface area contributed by atoms with E-state index in [-0.39, 0.29) is 0 Å². The maximum Gasteiger partial charge on any atom is 0.329 e. The maximum atomic E-state index is 10.9. The van der Waals surface area contributed by atoms with E-state index >= 15 is 0 Å². The molecule has 0 amide bonds. The first-order valence-corrected chi connectivity index (χ1v) is 6.46. The molecular formula is C10H13O5P. The zero-order valence-electron chi connectivity index (χ0n) is 8.70. The highest BCUT2D eigenvalue weighted by Gasteiger charge is 2.21. The van der Waals surface area contributed by atoms with Gasteiger partial charge in [-0.1, -0.05) is 24.3 Å². The number of hydrogen-bond acceptors (Lipinski definition) is 2. The van der Waals surface area contributed by atoms with E-state index in [0.29, 0.717) is 11.1 Å². The predicted molar refractivity (Wildman–Crippen MR) is 58.2 cm³/mol. The molecule has 0 radical (unpaired) electrons. The van der Waals surface area contributed by atoms with E-state index in [9.17, 15) is 9.36 Å². The van der Waals surface area contributed by atoms with Crippen molar-refractivity contribution >= 4 is 13.6 Å². The monoisotopic (exact) mass is 244 g/mol. The van der Waals surface area contributed by atoms with Crippen molar-refractivity contribution in [1.29, 1.82) is 0 Å². The fourth-order valence-electron chi connectivity index (χ4n) is 1.46. The largest absolute Gasteiger partial charge is 0.481 e. The number of aliphatic carboxylic acids is 1. The summed E-state index contributed by atoms with van der Waals surface area (Å²) in [5.74, 6) is -1.79. The molecule has 1 unspecified atom stereocenters. The molecule has 6 heteroatoms. The summed E-state index contributed by atoms with van der Waals surface area (Å²) >= 11 is 0. The summed E-state index contributed by atoms with van der Waals surface area (Å²) < 4.78 is 10.9. The van der Waals surface area contributed by atoms with Gasteiger partial charge in [-0.25, -0.2) is 0 Å². The van der Waals surface area contributed by atoms with Crippen molar-refractivity contribution in [2.75, 3.05) is 0 Å². The van der Waals surface area contributed by atoms with Gasteiger partial charge in [0.2, 0.25) is 0 Å². The molecule has 1 atom stereocenters. The smallest absolute Gasteiger partial charge is 0.329 e. The predicted octanol–water partition coefficient (Wildman–Crippen LogP) is 1.55.